The molecular formula is C13H19ClFNO3. The average Bonchev–Trinajstić information content (AvgIpc) is 2.38. The number of ether oxygens (including phenoxy) is 2. The van der Waals surface area contributed by atoms with Crippen LogP contribution in [0.4, 0.5) is 4.39 Å². The molecule has 0 bridgehead atoms. The van der Waals surface area contributed by atoms with Gasteiger partial charge in [0.1, 0.15) is 17.1 Å². The van der Waals surface area contributed by atoms with Gasteiger partial charge in [0.15, 0.2) is 0 Å². The average molecular weight is 292 g/mol. The molecule has 0 saturated heterocycles. The Labute approximate surface area is 118 Å². The number of hydrogen-bond donors (Lipinski definition) is 1. The molecule has 0 aliphatic heterocycles. The summed E-state index contributed by atoms with van der Waals surface area (Å²) in [5.74, 6) is -1.13. The molecule has 0 spiro atoms. The summed E-state index contributed by atoms with van der Waals surface area (Å²) in [6.07, 6.45) is 1.79. The first-order chi connectivity index (χ1) is 8.70. The van der Waals surface area contributed by atoms with Gasteiger partial charge >= 0.3 is 5.97 Å². The Morgan fingerprint density at radius 1 is 1.37 bits per heavy atom. The zero-order chi connectivity index (χ0) is 13.4. The fourth-order valence-electron chi connectivity index (χ4n) is 1.51. The van der Waals surface area contributed by atoms with Gasteiger partial charge in [-0.05, 0) is 38.6 Å². The second kappa shape index (κ2) is 9.58. The lowest BCUT2D eigenvalue weighted by atomic mass is 10.2. The van der Waals surface area contributed by atoms with Crippen LogP contribution in [0.2, 0.25) is 0 Å². The van der Waals surface area contributed by atoms with Crippen LogP contribution in [-0.4, -0.2) is 33.3 Å². The van der Waals surface area contributed by atoms with Crippen molar-refractivity contribution in [3.8, 4) is 5.75 Å². The molecule has 0 radical (unpaired) electrons. The Morgan fingerprint density at radius 2 is 2.11 bits per heavy atom. The van der Waals surface area contributed by atoms with Gasteiger partial charge in [-0.15, -0.1) is 12.4 Å². The molecule has 1 N–H and O–H groups in total. The van der Waals surface area contributed by atoms with Crippen molar-refractivity contribution in [2.45, 2.75) is 12.8 Å². The minimum absolute atomic E-state index is 0. The summed E-state index contributed by atoms with van der Waals surface area (Å²) in [5, 5.41) is 3.02. The van der Waals surface area contributed by atoms with Crippen molar-refractivity contribution in [1.82, 2.24) is 5.32 Å². The second-order valence-electron chi connectivity index (χ2n) is 3.76. The molecule has 0 amide bonds. The van der Waals surface area contributed by atoms with E-state index in [4.69, 9.17) is 4.74 Å². The van der Waals surface area contributed by atoms with Crippen molar-refractivity contribution in [1.29, 1.82) is 0 Å². The standard InChI is InChI=1S/C13H18FNO3.ClH/c1-15-8-3-4-9-18-11-7-5-6-10(14)12(11)13(16)17-2;/h5-7,15H,3-4,8-9H2,1-2H3;1H. The SMILES string of the molecule is CNCCCCOc1cccc(F)c1C(=O)OC.Cl. The van der Waals surface area contributed by atoms with Gasteiger partial charge in [-0.25, -0.2) is 9.18 Å². The van der Waals surface area contributed by atoms with Gasteiger partial charge < -0.3 is 14.8 Å². The van der Waals surface area contributed by atoms with Gasteiger partial charge in [-0.2, -0.15) is 0 Å². The van der Waals surface area contributed by atoms with Crippen molar-refractivity contribution < 1.29 is 18.7 Å². The van der Waals surface area contributed by atoms with Crippen LogP contribution in [0.15, 0.2) is 18.2 Å². The third-order valence-corrected chi connectivity index (χ3v) is 2.44. The largest absolute Gasteiger partial charge is 0.493 e. The molecule has 19 heavy (non-hydrogen) atoms. The predicted molar refractivity (Wildman–Crippen MR) is 73.6 cm³/mol. The fourth-order valence-corrected chi connectivity index (χ4v) is 1.51. The highest BCUT2D eigenvalue weighted by atomic mass is 35.5. The predicted octanol–water partition coefficient (Wildman–Crippen LogP) is 2.41. The lowest BCUT2D eigenvalue weighted by Gasteiger charge is -2.10. The Bertz CT molecular complexity index is 401. The number of hydrogen-bond acceptors (Lipinski definition) is 4. The molecule has 0 heterocycles. The van der Waals surface area contributed by atoms with Crippen molar-refractivity contribution in [3.63, 3.8) is 0 Å². The first kappa shape index (κ1) is 17.7. The fraction of sp³-hybridized carbons (Fsp3) is 0.462. The zero-order valence-electron chi connectivity index (χ0n) is 11.1. The molecule has 0 atom stereocenters. The molecule has 0 unspecified atom stereocenters. The number of nitrogens with one attached hydrogen (secondary N) is 1. The Hall–Kier alpha value is -1.33. The van der Waals surface area contributed by atoms with Crippen LogP contribution < -0.4 is 10.1 Å². The van der Waals surface area contributed by atoms with E-state index in [1.165, 1.54) is 19.2 Å². The maximum atomic E-state index is 13.5. The maximum Gasteiger partial charge on any atom is 0.344 e. The molecule has 0 aromatic heterocycles. The third-order valence-electron chi connectivity index (χ3n) is 2.44. The van der Waals surface area contributed by atoms with E-state index < -0.39 is 11.8 Å². The molecule has 0 aliphatic carbocycles. The van der Waals surface area contributed by atoms with Crippen LogP contribution in [0.3, 0.4) is 0 Å². The van der Waals surface area contributed by atoms with E-state index in [2.05, 4.69) is 10.1 Å². The van der Waals surface area contributed by atoms with Gasteiger partial charge in [-0.3, -0.25) is 0 Å². The summed E-state index contributed by atoms with van der Waals surface area (Å²) in [7, 11) is 3.09. The molecule has 0 aliphatic rings. The number of rotatable bonds is 7. The minimum Gasteiger partial charge on any atom is -0.493 e. The van der Waals surface area contributed by atoms with Crippen LogP contribution in [0, 0.1) is 5.82 Å². The summed E-state index contributed by atoms with van der Waals surface area (Å²) in [6, 6.07) is 4.28. The minimum atomic E-state index is -0.724. The van der Waals surface area contributed by atoms with Crippen LogP contribution in [0.25, 0.3) is 0 Å². The lowest BCUT2D eigenvalue weighted by molar-refractivity contribution is 0.0590. The first-order valence-corrected chi connectivity index (χ1v) is 5.85. The number of unbranched alkanes of at least 4 members (excludes halogenated alkanes) is 1. The quantitative estimate of drug-likeness (QED) is 0.619. The zero-order valence-corrected chi connectivity index (χ0v) is 11.9. The molecule has 0 fully saturated rings. The Morgan fingerprint density at radius 3 is 2.74 bits per heavy atom. The van der Waals surface area contributed by atoms with Crippen molar-refractivity contribution in [2.75, 3.05) is 27.3 Å². The molecule has 6 heteroatoms. The molecular weight excluding hydrogens is 273 g/mol. The van der Waals surface area contributed by atoms with Crippen LogP contribution in [0.1, 0.15) is 23.2 Å². The summed E-state index contributed by atoms with van der Waals surface area (Å²) in [5.41, 5.74) is -0.145. The topological polar surface area (TPSA) is 47.6 Å². The van der Waals surface area contributed by atoms with Gasteiger partial charge in [0, 0.05) is 0 Å². The Balaban J connectivity index is 0.00000324. The van der Waals surface area contributed by atoms with E-state index in [0.717, 1.165) is 19.4 Å². The van der Waals surface area contributed by atoms with Gasteiger partial charge in [0.25, 0.3) is 0 Å². The van der Waals surface area contributed by atoms with E-state index in [-0.39, 0.29) is 23.7 Å². The van der Waals surface area contributed by atoms with Crippen LogP contribution in [0.5, 0.6) is 5.75 Å². The number of benzene rings is 1. The highest BCUT2D eigenvalue weighted by molar-refractivity contribution is 5.92. The number of carbonyl (C=O) groups is 1. The first-order valence-electron chi connectivity index (χ1n) is 5.85. The molecule has 4 nitrogen and oxygen atoms in total. The molecule has 108 valence electrons. The molecule has 1 aromatic rings. The highest BCUT2D eigenvalue weighted by Gasteiger charge is 2.18. The van der Waals surface area contributed by atoms with E-state index in [1.54, 1.807) is 6.07 Å². The highest BCUT2D eigenvalue weighted by Crippen LogP contribution is 2.22. The van der Waals surface area contributed by atoms with Crippen molar-refractivity contribution in [3.05, 3.63) is 29.6 Å². The number of halogens is 2. The monoisotopic (exact) mass is 291 g/mol. The van der Waals surface area contributed by atoms with Gasteiger partial charge in [0.05, 0.1) is 13.7 Å². The van der Waals surface area contributed by atoms with E-state index in [1.807, 2.05) is 7.05 Å². The normalized spacial score (nSPS) is 9.63. The number of carbonyl (C=O) groups excluding carboxylic acids is 1. The van der Waals surface area contributed by atoms with E-state index >= 15 is 0 Å². The van der Waals surface area contributed by atoms with Gasteiger partial charge in [0.2, 0.25) is 0 Å². The van der Waals surface area contributed by atoms with E-state index in [9.17, 15) is 9.18 Å². The lowest BCUT2D eigenvalue weighted by Crippen LogP contribution is -2.11. The second-order valence-corrected chi connectivity index (χ2v) is 3.76. The van der Waals surface area contributed by atoms with E-state index in [0.29, 0.717) is 6.61 Å². The molecule has 1 aromatic carbocycles. The Kier molecular flexibility index (Phi) is 8.91. The molecule has 0 saturated carbocycles. The van der Waals surface area contributed by atoms with Crippen molar-refractivity contribution >= 4 is 18.4 Å². The smallest absolute Gasteiger partial charge is 0.344 e. The molecule has 1 rings (SSSR count). The number of methoxy groups -OCH3 is 1. The summed E-state index contributed by atoms with van der Waals surface area (Å²) >= 11 is 0. The third kappa shape index (κ3) is 5.44. The summed E-state index contributed by atoms with van der Waals surface area (Å²) in [6.45, 7) is 1.34. The number of esters is 1. The van der Waals surface area contributed by atoms with Crippen LogP contribution >= 0.6 is 12.4 Å². The van der Waals surface area contributed by atoms with Gasteiger partial charge in [-0.1, -0.05) is 6.07 Å². The van der Waals surface area contributed by atoms with Crippen molar-refractivity contribution in [2.24, 2.45) is 0 Å². The summed E-state index contributed by atoms with van der Waals surface area (Å²) < 4.78 is 23.5. The maximum absolute atomic E-state index is 13.5. The summed E-state index contributed by atoms with van der Waals surface area (Å²) in [4.78, 5) is 11.4. The van der Waals surface area contributed by atoms with Crippen LogP contribution in [-0.2, 0) is 4.74 Å².